The molecule has 0 aliphatic heterocycles. The number of nitriles is 1. The molecule has 29 heavy (non-hydrogen) atoms. The molecule has 0 bridgehead atoms. The number of ether oxygens (including phenoxy) is 1. The maximum absolute atomic E-state index is 11.9. The summed E-state index contributed by atoms with van der Waals surface area (Å²) >= 11 is 0. The second-order valence-corrected chi connectivity index (χ2v) is 7.61. The quantitative estimate of drug-likeness (QED) is 0.684. The number of primary amides is 1. The SMILES string of the molecule is C#N.COC(C)(C)c1ccc(Nc2nn(C3CCC(O)CC3)cc2C(N)=O)cc1. The van der Waals surface area contributed by atoms with E-state index < -0.39 is 5.91 Å². The van der Waals surface area contributed by atoms with Crippen LogP contribution in [0.1, 0.15) is 61.5 Å². The van der Waals surface area contributed by atoms with Crippen LogP contribution in [-0.2, 0) is 10.3 Å². The highest BCUT2D eigenvalue weighted by Gasteiger charge is 2.24. The van der Waals surface area contributed by atoms with Gasteiger partial charge in [0.25, 0.3) is 5.91 Å². The van der Waals surface area contributed by atoms with E-state index in [1.807, 2.05) is 38.1 Å². The van der Waals surface area contributed by atoms with Crippen molar-refractivity contribution in [2.75, 3.05) is 12.4 Å². The second kappa shape index (κ2) is 9.54. The van der Waals surface area contributed by atoms with Crippen molar-refractivity contribution in [3.63, 3.8) is 0 Å². The van der Waals surface area contributed by atoms with E-state index in [0.29, 0.717) is 11.4 Å². The Balaban J connectivity index is 0.00000145. The van der Waals surface area contributed by atoms with Crippen LogP contribution < -0.4 is 11.1 Å². The lowest BCUT2D eigenvalue weighted by atomic mass is 9.93. The maximum Gasteiger partial charge on any atom is 0.254 e. The van der Waals surface area contributed by atoms with E-state index in [0.717, 1.165) is 36.9 Å². The maximum atomic E-state index is 11.9. The third-order valence-electron chi connectivity index (χ3n) is 5.39. The summed E-state index contributed by atoms with van der Waals surface area (Å²) in [7, 11) is 1.68. The normalized spacial score (nSPS) is 19.1. The number of methoxy groups -OCH3 is 1. The molecular formula is C21H29N5O3. The van der Waals surface area contributed by atoms with E-state index in [2.05, 4.69) is 17.0 Å². The number of carbonyl (C=O) groups is 1. The van der Waals surface area contributed by atoms with Crippen LogP contribution in [0.25, 0.3) is 0 Å². The van der Waals surface area contributed by atoms with E-state index in [-0.39, 0.29) is 17.7 Å². The van der Waals surface area contributed by atoms with Gasteiger partial charge < -0.3 is 20.9 Å². The lowest BCUT2D eigenvalue weighted by Gasteiger charge is -2.25. The lowest BCUT2D eigenvalue weighted by Crippen LogP contribution is -2.21. The minimum atomic E-state index is -0.517. The average molecular weight is 399 g/mol. The largest absolute Gasteiger partial charge is 0.393 e. The number of amides is 1. The fourth-order valence-electron chi connectivity index (χ4n) is 3.38. The lowest BCUT2D eigenvalue weighted by molar-refractivity contribution is 0.0192. The highest BCUT2D eigenvalue weighted by Crippen LogP contribution is 2.31. The third kappa shape index (κ3) is 5.34. The van der Waals surface area contributed by atoms with Crippen molar-refractivity contribution >= 4 is 17.4 Å². The van der Waals surface area contributed by atoms with Gasteiger partial charge in [0.15, 0.2) is 5.82 Å². The Morgan fingerprint density at radius 1 is 1.28 bits per heavy atom. The summed E-state index contributed by atoms with van der Waals surface area (Å²) < 4.78 is 7.30. The zero-order valence-electron chi connectivity index (χ0n) is 17.1. The van der Waals surface area contributed by atoms with Crippen molar-refractivity contribution in [2.45, 2.75) is 57.3 Å². The van der Waals surface area contributed by atoms with Crippen molar-refractivity contribution in [1.29, 1.82) is 5.26 Å². The first-order valence-corrected chi connectivity index (χ1v) is 9.55. The molecule has 0 atom stereocenters. The van der Waals surface area contributed by atoms with Crippen molar-refractivity contribution in [3.05, 3.63) is 41.6 Å². The summed E-state index contributed by atoms with van der Waals surface area (Å²) in [4.78, 5) is 11.9. The van der Waals surface area contributed by atoms with Crippen LogP contribution in [0, 0.1) is 11.8 Å². The zero-order valence-corrected chi connectivity index (χ0v) is 17.1. The number of carbonyl (C=O) groups excluding carboxylic acids is 1. The van der Waals surface area contributed by atoms with Gasteiger partial charge in [0.05, 0.1) is 17.7 Å². The molecule has 3 rings (SSSR count). The van der Waals surface area contributed by atoms with Gasteiger partial charge in [-0.25, -0.2) is 5.26 Å². The molecule has 8 heteroatoms. The monoisotopic (exact) mass is 399 g/mol. The summed E-state index contributed by atoms with van der Waals surface area (Å²) in [6.07, 6.45) is 4.63. The first-order chi connectivity index (χ1) is 13.8. The van der Waals surface area contributed by atoms with Gasteiger partial charge in [-0.15, -0.1) is 0 Å². The number of aromatic nitrogens is 2. The number of aliphatic hydroxyl groups excluding tert-OH is 1. The molecule has 1 aromatic heterocycles. The van der Waals surface area contributed by atoms with Crippen molar-refractivity contribution in [1.82, 2.24) is 9.78 Å². The van der Waals surface area contributed by atoms with Gasteiger partial charge in [-0.3, -0.25) is 9.48 Å². The minimum Gasteiger partial charge on any atom is -0.393 e. The van der Waals surface area contributed by atoms with Crippen molar-refractivity contribution in [3.8, 4) is 6.57 Å². The predicted octanol–water partition coefficient (Wildman–Crippen LogP) is 3.22. The molecule has 1 aliphatic carbocycles. The first-order valence-electron chi connectivity index (χ1n) is 9.55. The van der Waals surface area contributed by atoms with Crippen LogP contribution in [0.4, 0.5) is 11.5 Å². The summed E-state index contributed by atoms with van der Waals surface area (Å²) in [6.45, 7) is 7.51. The Bertz CT molecular complexity index is 834. The molecule has 0 unspecified atom stereocenters. The molecule has 1 aromatic carbocycles. The van der Waals surface area contributed by atoms with Gasteiger partial charge in [-0.2, -0.15) is 5.10 Å². The molecule has 0 radical (unpaired) electrons. The molecule has 0 spiro atoms. The third-order valence-corrected chi connectivity index (χ3v) is 5.39. The summed E-state index contributed by atoms with van der Waals surface area (Å²) in [5.74, 6) is -0.0656. The van der Waals surface area contributed by atoms with Crippen LogP contribution in [0.5, 0.6) is 0 Å². The van der Waals surface area contributed by atoms with E-state index in [9.17, 15) is 9.90 Å². The Hall–Kier alpha value is -2.89. The van der Waals surface area contributed by atoms with Crippen LogP contribution >= 0.6 is 0 Å². The number of nitrogens with two attached hydrogens (primary N) is 1. The first kappa shape index (κ1) is 22.4. The molecular weight excluding hydrogens is 370 g/mol. The van der Waals surface area contributed by atoms with Gasteiger partial charge in [0.1, 0.15) is 5.56 Å². The van der Waals surface area contributed by atoms with Gasteiger partial charge >= 0.3 is 0 Å². The van der Waals surface area contributed by atoms with Crippen LogP contribution in [-0.4, -0.2) is 34.0 Å². The second-order valence-electron chi connectivity index (χ2n) is 7.61. The Morgan fingerprint density at radius 2 is 1.86 bits per heavy atom. The number of nitrogens with zero attached hydrogens (tertiary/aromatic N) is 3. The number of anilines is 2. The van der Waals surface area contributed by atoms with Crippen LogP contribution in [0.15, 0.2) is 30.5 Å². The Kier molecular flexibility index (Phi) is 7.37. The minimum absolute atomic E-state index is 0.173. The van der Waals surface area contributed by atoms with Gasteiger partial charge in [-0.05, 0) is 57.2 Å². The molecule has 1 saturated carbocycles. The number of hydrogen-bond acceptors (Lipinski definition) is 6. The molecule has 156 valence electrons. The number of nitrogens with one attached hydrogen (secondary N) is 1. The predicted molar refractivity (Wildman–Crippen MR) is 111 cm³/mol. The smallest absolute Gasteiger partial charge is 0.254 e. The molecule has 1 aliphatic rings. The summed E-state index contributed by atoms with van der Waals surface area (Å²) in [5.41, 5.74) is 7.41. The molecule has 1 heterocycles. The topological polar surface area (TPSA) is 126 Å². The standard InChI is InChI=1S/C20H28N4O3.CHN/c1-20(2,27-3)13-4-6-14(7-5-13)22-19-17(18(21)26)12-24(23-19)15-8-10-16(25)11-9-15;1-2/h4-7,12,15-16,25H,8-11H2,1-3H3,(H2,21,26)(H,22,23);1H. The van der Waals surface area contributed by atoms with Gasteiger partial charge in [0.2, 0.25) is 0 Å². The fraction of sp³-hybridized carbons (Fsp3) is 0.476. The summed E-state index contributed by atoms with van der Waals surface area (Å²) in [6, 6.07) is 7.99. The number of benzene rings is 1. The van der Waals surface area contributed by atoms with Gasteiger partial charge in [0, 0.05) is 25.6 Å². The number of hydrogen-bond donors (Lipinski definition) is 3. The summed E-state index contributed by atoms with van der Waals surface area (Å²) in [5, 5.41) is 23.9. The van der Waals surface area contributed by atoms with Crippen LogP contribution in [0.3, 0.4) is 0 Å². The van der Waals surface area contributed by atoms with E-state index >= 15 is 0 Å². The van der Waals surface area contributed by atoms with Crippen LogP contribution in [0.2, 0.25) is 0 Å². The molecule has 4 N–H and O–H groups in total. The van der Waals surface area contributed by atoms with Crippen molar-refractivity contribution in [2.24, 2.45) is 5.73 Å². The Labute approximate surface area is 171 Å². The molecule has 8 nitrogen and oxygen atoms in total. The van der Waals surface area contributed by atoms with Crippen molar-refractivity contribution < 1.29 is 14.6 Å². The van der Waals surface area contributed by atoms with E-state index in [4.69, 9.17) is 15.7 Å². The molecule has 1 amide bonds. The highest BCUT2D eigenvalue weighted by atomic mass is 16.5. The molecule has 2 aromatic rings. The van der Waals surface area contributed by atoms with E-state index in [1.54, 1.807) is 18.0 Å². The average Bonchev–Trinajstić information content (AvgIpc) is 3.14. The Morgan fingerprint density at radius 3 is 2.38 bits per heavy atom. The fourth-order valence-corrected chi connectivity index (χ4v) is 3.38. The zero-order chi connectivity index (χ0) is 21.6. The van der Waals surface area contributed by atoms with Gasteiger partial charge in [-0.1, -0.05) is 12.1 Å². The highest BCUT2D eigenvalue weighted by molar-refractivity contribution is 5.98. The van der Waals surface area contributed by atoms with E-state index in [1.165, 1.54) is 0 Å². The number of rotatable bonds is 6. The molecule has 0 saturated heterocycles. The number of aliphatic hydroxyl groups is 1. The molecule has 1 fully saturated rings.